The highest BCUT2D eigenvalue weighted by Crippen LogP contribution is 2.38. The van der Waals surface area contributed by atoms with Crippen LogP contribution in [0.3, 0.4) is 0 Å². The molecule has 0 aromatic heterocycles. The van der Waals surface area contributed by atoms with Crippen molar-refractivity contribution in [2.24, 2.45) is 5.92 Å². The number of para-hydroxylation sites is 1. The third kappa shape index (κ3) is 12.3. The van der Waals surface area contributed by atoms with E-state index in [-0.39, 0.29) is 31.7 Å². The first-order chi connectivity index (χ1) is 26.6. The zero-order valence-corrected chi connectivity index (χ0v) is 33.0. The summed E-state index contributed by atoms with van der Waals surface area (Å²) in [6.45, 7) is 8.63. The predicted octanol–water partition coefficient (Wildman–Crippen LogP) is 7.40. The minimum absolute atomic E-state index is 0.0985. The van der Waals surface area contributed by atoms with Crippen LogP contribution in [-0.2, 0) is 36.9 Å². The van der Waals surface area contributed by atoms with Crippen LogP contribution in [0, 0.1) is 5.92 Å². The van der Waals surface area contributed by atoms with Crippen molar-refractivity contribution < 1.29 is 47.8 Å². The highest BCUT2D eigenvalue weighted by Gasteiger charge is 2.41. The van der Waals surface area contributed by atoms with Crippen LogP contribution in [0.25, 0.3) is 10.8 Å². The van der Waals surface area contributed by atoms with Crippen LogP contribution < -0.4 is 14.2 Å². The van der Waals surface area contributed by atoms with Crippen LogP contribution in [-0.4, -0.2) is 101 Å². The van der Waals surface area contributed by atoms with E-state index in [2.05, 4.69) is 24.3 Å². The Morgan fingerprint density at radius 1 is 0.836 bits per heavy atom. The van der Waals surface area contributed by atoms with Crippen molar-refractivity contribution >= 4 is 16.9 Å². The maximum absolute atomic E-state index is 13.5. The number of likely N-dealkylation sites (tertiary alicyclic amines) is 1. The predicted molar refractivity (Wildman–Crippen MR) is 211 cm³/mol. The van der Waals surface area contributed by atoms with Gasteiger partial charge in [-0.3, -0.25) is 0 Å². The molecule has 0 spiro atoms. The lowest BCUT2D eigenvalue weighted by molar-refractivity contribution is -0.0746. The number of ether oxygens (including phenoxy) is 8. The molecule has 0 aliphatic carbocycles. The molecule has 0 saturated carbocycles. The van der Waals surface area contributed by atoms with E-state index in [0.29, 0.717) is 39.5 Å². The molecule has 11 heteroatoms. The first-order valence-electron chi connectivity index (χ1n) is 18.9. The van der Waals surface area contributed by atoms with Gasteiger partial charge in [0.1, 0.15) is 29.0 Å². The number of benzene rings is 4. The van der Waals surface area contributed by atoms with Crippen LogP contribution in [0.2, 0.25) is 0 Å². The average molecular weight is 760 g/mol. The summed E-state index contributed by atoms with van der Waals surface area (Å²) < 4.78 is 46.9. The molecule has 1 fully saturated rings. The quantitative estimate of drug-likeness (QED) is 0.0971. The number of rotatable bonds is 19. The van der Waals surface area contributed by atoms with Gasteiger partial charge in [-0.05, 0) is 67.6 Å². The number of hydrogen-bond acceptors (Lipinski definition) is 10. The van der Waals surface area contributed by atoms with E-state index in [9.17, 15) is 9.90 Å². The highest BCUT2D eigenvalue weighted by atomic mass is 16.6. The summed E-state index contributed by atoms with van der Waals surface area (Å²) in [6.07, 6.45) is -0.869. The normalized spacial score (nSPS) is 17.9. The highest BCUT2D eigenvalue weighted by molar-refractivity contribution is 5.89. The van der Waals surface area contributed by atoms with Gasteiger partial charge < -0.3 is 47.9 Å². The van der Waals surface area contributed by atoms with Crippen LogP contribution in [0.5, 0.6) is 17.2 Å². The molecule has 1 N–H and O–H groups in total. The number of amides is 1. The molecule has 1 saturated heterocycles. The van der Waals surface area contributed by atoms with E-state index in [1.807, 2.05) is 81.4 Å². The van der Waals surface area contributed by atoms with Gasteiger partial charge in [-0.25, -0.2) is 4.79 Å². The molecule has 4 aromatic rings. The summed E-state index contributed by atoms with van der Waals surface area (Å²) in [5.41, 5.74) is 2.32. The third-order valence-electron chi connectivity index (χ3n) is 9.40. The number of piperidine rings is 1. The molecule has 1 aliphatic heterocycles. The lowest BCUT2D eigenvalue weighted by Crippen LogP contribution is -2.53. The Hall–Kier alpha value is -4.39. The fourth-order valence-corrected chi connectivity index (χ4v) is 6.91. The first-order valence-corrected chi connectivity index (χ1v) is 18.9. The maximum Gasteiger partial charge on any atom is 0.410 e. The number of methoxy groups -OCH3 is 3. The Morgan fingerprint density at radius 3 is 2.33 bits per heavy atom. The molecule has 5 rings (SSSR count). The lowest BCUT2D eigenvalue weighted by Gasteiger charge is -2.44. The summed E-state index contributed by atoms with van der Waals surface area (Å²) in [7, 11) is 4.86. The van der Waals surface area contributed by atoms with Crippen molar-refractivity contribution in [2.75, 3.05) is 67.5 Å². The van der Waals surface area contributed by atoms with E-state index >= 15 is 0 Å². The van der Waals surface area contributed by atoms with E-state index < -0.39 is 23.9 Å². The smallest absolute Gasteiger partial charge is 0.410 e. The zero-order chi connectivity index (χ0) is 39.2. The van der Waals surface area contributed by atoms with E-state index in [0.717, 1.165) is 51.1 Å². The lowest BCUT2D eigenvalue weighted by atomic mass is 9.78. The number of carbonyl (C=O) groups excluding carboxylic acids is 1. The van der Waals surface area contributed by atoms with E-state index in [1.54, 1.807) is 19.1 Å². The number of nitrogens with zero attached hydrogens (tertiary/aromatic N) is 1. The summed E-state index contributed by atoms with van der Waals surface area (Å²) >= 11 is 0. The standard InChI is InChI=1S/C44H57NO10/c1-44(2,3)55-43(47)45-24-35(28-52-30-36(46)29-48-4)42(41(25-45)54-26-31-22-33-12-7-9-14-38(33)40(23-31)50-6)32-16-18-37(19-17-32)53-21-11-20-51-27-34-13-8-10-15-39(34)49-5/h7-10,12-19,22-23,35-36,41-42,46H,11,20-21,24-30H2,1-6H3/t35-,36-,41-,42-/m0/s1. The van der Waals surface area contributed by atoms with Gasteiger partial charge in [-0.2, -0.15) is 0 Å². The largest absolute Gasteiger partial charge is 0.496 e. The van der Waals surface area contributed by atoms with Gasteiger partial charge in [0.05, 0.1) is 73.1 Å². The van der Waals surface area contributed by atoms with Crippen LogP contribution in [0.15, 0.2) is 84.9 Å². The van der Waals surface area contributed by atoms with Crippen LogP contribution in [0.1, 0.15) is 49.8 Å². The third-order valence-corrected chi connectivity index (χ3v) is 9.40. The van der Waals surface area contributed by atoms with Crippen molar-refractivity contribution in [3.05, 3.63) is 102 Å². The zero-order valence-electron chi connectivity index (χ0n) is 33.0. The molecular weight excluding hydrogens is 702 g/mol. The second kappa shape index (κ2) is 20.5. The summed E-state index contributed by atoms with van der Waals surface area (Å²) in [5.74, 6) is 1.99. The maximum atomic E-state index is 13.5. The Labute approximate surface area is 325 Å². The fourth-order valence-electron chi connectivity index (χ4n) is 6.91. The van der Waals surface area contributed by atoms with Crippen molar-refractivity contribution in [1.29, 1.82) is 0 Å². The Bertz CT molecular complexity index is 1770. The van der Waals surface area contributed by atoms with Gasteiger partial charge in [-0.15, -0.1) is 0 Å². The number of hydrogen-bond donors (Lipinski definition) is 1. The van der Waals surface area contributed by atoms with Gasteiger partial charge >= 0.3 is 6.09 Å². The molecular formula is C44H57NO10. The number of aliphatic hydroxyl groups excluding tert-OH is 1. The molecule has 1 aliphatic rings. The molecule has 0 radical (unpaired) electrons. The summed E-state index contributed by atoms with van der Waals surface area (Å²) in [4.78, 5) is 15.2. The van der Waals surface area contributed by atoms with Crippen molar-refractivity contribution in [1.82, 2.24) is 4.90 Å². The molecule has 11 nitrogen and oxygen atoms in total. The van der Waals surface area contributed by atoms with Crippen molar-refractivity contribution in [2.45, 2.75) is 64.1 Å². The molecule has 4 aromatic carbocycles. The first kappa shape index (κ1) is 41.8. The van der Waals surface area contributed by atoms with Gasteiger partial charge in [0.25, 0.3) is 0 Å². The minimum atomic E-state index is -0.771. The SMILES string of the molecule is COC[C@H](O)COC[C@@H]1CN(C(=O)OC(C)(C)C)C[C@H](OCc2cc(OC)c3ccccc3c2)[C@H]1c1ccc(OCCCOCc2ccccc2OC)cc1. The Balaban J connectivity index is 1.32. The molecule has 0 unspecified atom stereocenters. The molecule has 1 amide bonds. The molecule has 1 heterocycles. The van der Waals surface area contributed by atoms with Gasteiger partial charge in [0.2, 0.25) is 0 Å². The Kier molecular flexibility index (Phi) is 15.6. The molecule has 0 bridgehead atoms. The topological polar surface area (TPSA) is 114 Å². The van der Waals surface area contributed by atoms with Crippen LogP contribution >= 0.6 is 0 Å². The summed E-state index contributed by atoms with van der Waals surface area (Å²) in [5, 5.41) is 12.4. The van der Waals surface area contributed by atoms with Gasteiger partial charge in [-0.1, -0.05) is 54.6 Å². The molecule has 55 heavy (non-hydrogen) atoms. The van der Waals surface area contributed by atoms with Crippen molar-refractivity contribution in [3.63, 3.8) is 0 Å². The van der Waals surface area contributed by atoms with E-state index in [4.69, 9.17) is 37.9 Å². The molecule has 4 atom stereocenters. The number of aliphatic hydroxyl groups is 1. The number of carbonyl (C=O) groups is 1. The second-order valence-electron chi connectivity index (χ2n) is 14.8. The van der Waals surface area contributed by atoms with Crippen molar-refractivity contribution in [3.8, 4) is 17.2 Å². The van der Waals surface area contributed by atoms with Gasteiger partial charge in [0.15, 0.2) is 0 Å². The van der Waals surface area contributed by atoms with E-state index in [1.165, 1.54) is 7.11 Å². The van der Waals surface area contributed by atoms with Gasteiger partial charge in [0, 0.05) is 42.9 Å². The fraction of sp³-hybridized carbons (Fsp3) is 0.477. The number of fused-ring (bicyclic) bond motifs is 1. The Morgan fingerprint density at radius 2 is 1.58 bits per heavy atom. The monoisotopic (exact) mass is 759 g/mol. The minimum Gasteiger partial charge on any atom is -0.496 e. The second-order valence-corrected chi connectivity index (χ2v) is 14.8. The molecule has 298 valence electrons. The van der Waals surface area contributed by atoms with Crippen LogP contribution in [0.4, 0.5) is 4.79 Å². The average Bonchev–Trinajstić information content (AvgIpc) is 3.17. The summed E-state index contributed by atoms with van der Waals surface area (Å²) in [6, 6.07) is 28.1.